The van der Waals surface area contributed by atoms with E-state index in [1.807, 2.05) is 30.3 Å². The molecule has 1 heterocycles. The predicted molar refractivity (Wildman–Crippen MR) is 50.6 cm³/mol. The van der Waals surface area contributed by atoms with Crippen molar-refractivity contribution in [1.82, 2.24) is 15.4 Å². The van der Waals surface area contributed by atoms with Gasteiger partial charge in [0.1, 0.15) is 5.69 Å². The smallest absolute Gasteiger partial charge is 0.176 e. The molecule has 0 bridgehead atoms. The van der Waals surface area contributed by atoms with Crippen LogP contribution in [0, 0.1) is 0 Å². The lowest BCUT2D eigenvalue weighted by Gasteiger charge is -1.94. The molecular weight excluding hydrogens is 180 g/mol. The van der Waals surface area contributed by atoms with Gasteiger partial charge < -0.3 is 0 Å². The van der Waals surface area contributed by atoms with Gasteiger partial charge in [0.15, 0.2) is 5.82 Å². The first kappa shape index (κ1) is 8.28. The first-order valence-corrected chi connectivity index (χ1v) is 3.93. The van der Waals surface area contributed by atoms with Crippen LogP contribution in [0.3, 0.4) is 0 Å². The van der Waals surface area contributed by atoms with Crippen LogP contribution in [-0.2, 0) is 0 Å². The summed E-state index contributed by atoms with van der Waals surface area (Å²) in [6.45, 7) is 0. The average Bonchev–Trinajstić information content (AvgIpc) is 2.68. The summed E-state index contributed by atoms with van der Waals surface area (Å²) in [5.74, 6) is 0.263. The van der Waals surface area contributed by atoms with Crippen LogP contribution in [0.5, 0.6) is 0 Å². The highest BCUT2D eigenvalue weighted by molar-refractivity contribution is 5.68. The second kappa shape index (κ2) is 3.59. The third-order valence-corrected chi connectivity index (χ3v) is 1.72. The first-order chi connectivity index (χ1) is 6.92. The zero-order valence-electron chi connectivity index (χ0n) is 7.12. The minimum atomic E-state index is 0.263. The van der Waals surface area contributed by atoms with E-state index in [1.54, 1.807) is 0 Å². The number of aromatic amines is 1. The molecule has 0 aliphatic carbocycles. The van der Waals surface area contributed by atoms with E-state index in [2.05, 4.69) is 25.4 Å². The fourth-order valence-electron chi connectivity index (χ4n) is 1.13. The van der Waals surface area contributed by atoms with Crippen LogP contribution in [0.2, 0.25) is 0 Å². The minimum absolute atomic E-state index is 0.263. The van der Waals surface area contributed by atoms with Crippen LogP contribution in [0.25, 0.3) is 21.7 Å². The summed E-state index contributed by atoms with van der Waals surface area (Å²) >= 11 is 0. The molecule has 0 atom stereocenters. The number of nitrogens with one attached hydrogen (secondary N) is 1. The van der Waals surface area contributed by atoms with Gasteiger partial charge in [-0.3, -0.25) is 0 Å². The fourth-order valence-corrected chi connectivity index (χ4v) is 1.13. The Kier molecular flexibility index (Phi) is 2.12. The third-order valence-electron chi connectivity index (χ3n) is 1.72. The third kappa shape index (κ3) is 1.41. The maximum absolute atomic E-state index is 8.29. The highest BCUT2D eigenvalue weighted by Gasteiger charge is 2.06. The Morgan fingerprint density at radius 2 is 2.00 bits per heavy atom. The number of benzene rings is 1. The summed E-state index contributed by atoms with van der Waals surface area (Å²) in [4.78, 5) is 2.67. The summed E-state index contributed by atoms with van der Waals surface area (Å²) in [5, 5.41) is 13.5. The number of hydrogen-bond acceptors (Lipinski definition) is 3. The van der Waals surface area contributed by atoms with Crippen LogP contribution in [0.4, 0.5) is 5.82 Å². The summed E-state index contributed by atoms with van der Waals surface area (Å²) < 4.78 is 0. The van der Waals surface area contributed by atoms with Crippen molar-refractivity contribution in [3.63, 3.8) is 0 Å². The molecule has 6 heteroatoms. The molecule has 0 spiro atoms. The lowest BCUT2D eigenvalue weighted by atomic mass is 10.2. The van der Waals surface area contributed by atoms with E-state index in [-0.39, 0.29) is 5.82 Å². The van der Waals surface area contributed by atoms with Crippen LogP contribution < -0.4 is 0 Å². The molecule has 68 valence electrons. The Labute approximate surface area is 79.2 Å². The summed E-state index contributed by atoms with van der Waals surface area (Å²) in [6.07, 6.45) is 0. The van der Waals surface area contributed by atoms with Crippen LogP contribution >= 0.6 is 0 Å². The van der Waals surface area contributed by atoms with E-state index in [0.29, 0.717) is 5.69 Å². The van der Waals surface area contributed by atoms with Crippen LogP contribution in [0.15, 0.2) is 35.4 Å². The highest BCUT2D eigenvalue weighted by atomic mass is 15.4. The molecule has 6 nitrogen and oxygen atoms in total. The van der Waals surface area contributed by atoms with Gasteiger partial charge >= 0.3 is 0 Å². The van der Waals surface area contributed by atoms with Crippen molar-refractivity contribution in [3.8, 4) is 11.3 Å². The van der Waals surface area contributed by atoms with E-state index in [4.69, 9.17) is 5.53 Å². The fraction of sp³-hybridized carbons (Fsp3) is 0. The summed E-state index contributed by atoms with van der Waals surface area (Å²) in [5.41, 5.74) is 9.71. The maximum atomic E-state index is 8.29. The Bertz CT molecular complexity index is 468. The van der Waals surface area contributed by atoms with Crippen molar-refractivity contribution in [2.24, 2.45) is 5.11 Å². The Morgan fingerprint density at radius 1 is 1.21 bits per heavy atom. The molecule has 2 rings (SSSR count). The number of H-pyrrole nitrogens is 1. The number of azide groups is 1. The second-order valence-electron chi connectivity index (χ2n) is 2.55. The van der Waals surface area contributed by atoms with E-state index in [9.17, 15) is 0 Å². The van der Waals surface area contributed by atoms with Gasteiger partial charge in [-0.25, -0.2) is 0 Å². The van der Waals surface area contributed by atoms with Gasteiger partial charge in [0.2, 0.25) is 0 Å². The molecular formula is C8H6N6. The molecule has 1 aromatic heterocycles. The van der Waals surface area contributed by atoms with Crippen molar-refractivity contribution < 1.29 is 0 Å². The predicted octanol–water partition coefficient (Wildman–Crippen LogP) is 2.41. The Hall–Kier alpha value is -2.33. The average molecular weight is 186 g/mol. The van der Waals surface area contributed by atoms with E-state index in [0.717, 1.165) is 5.56 Å². The number of nitrogens with zero attached hydrogens (tertiary/aromatic N) is 5. The number of rotatable bonds is 2. The molecule has 0 radical (unpaired) electrons. The van der Waals surface area contributed by atoms with Gasteiger partial charge in [-0.15, -0.1) is 0 Å². The molecule has 14 heavy (non-hydrogen) atoms. The van der Waals surface area contributed by atoms with Crippen molar-refractivity contribution in [2.45, 2.75) is 0 Å². The molecule has 0 aliphatic rings. The minimum Gasteiger partial charge on any atom is -0.197 e. The number of hydrogen-bond donors (Lipinski definition) is 1. The van der Waals surface area contributed by atoms with E-state index >= 15 is 0 Å². The monoisotopic (exact) mass is 186 g/mol. The van der Waals surface area contributed by atoms with Crippen LogP contribution in [-0.4, -0.2) is 15.4 Å². The summed E-state index contributed by atoms with van der Waals surface area (Å²) in [7, 11) is 0. The molecule has 1 N–H and O–H groups in total. The van der Waals surface area contributed by atoms with Crippen molar-refractivity contribution in [1.29, 1.82) is 0 Å². The zero-order valence-corrected chi connectivity index (χ0v) is 7.12. The van der Waals surface area contributed by atoms with E-state index < -0.39 is 0 Å². The normalized spacial score (nSPS) is 9.43. The summed E-state index contributed by atoms with van der Waals surface area (Å²) in [6, 6.07) is 9.40. The van der Waals surface area contributed by atoms with Crippen molar-refractivity contribution >= 4 is 5.82 Å². The SMILES string of the molecule is [N-]=[N+]=Nc1n[nH]nc1-c1ccccc1. The van der Waals surface area contributed by atoms with E-state index in [1.165, 1.54) is 0 Å². The molecule has 0 fully saturated rings. The Balaban J connectivity index is 2.52. The lowest BCUT2D eigenvalue weighted by molar-refractivity contribution is 0.941. The quantitative estimate of drug-likeness (QED) is 0.443. The first-order valence-electron chi connectivity index (χ1n) is 3.93. The highest BCUT2D eigenvalue weighted by Crippen LogP contribution is 2.24. The van der Waals surface area contributed by atoms with Crippen molar-refractivity contribution in [2.75, 3.05) is 0 Å². The van der Waals surface area contributed by atoms with Gasteiger partial charge in [0.05, 0.1) is 0 Å². The second-order valence-corrected chi connectivity index (χ2v) is 2.55. The topological polar surface area (TPSA) is 90.3 Å². The molecule has 0 saturated heterocycles. The molecule has 0 unspecified atom stereocenters. The Morgan fingerprint density at radius 3 is 2.71 bits per heavy atom. The molecule has 0 saturated carbocycles. The largest absolute Gasteiger partial charge is 0.197 e. The van der Waals surface area contributed by atoms with Gasteiger partial charge in [0, 0.05) is 10.5 Å². The van der Waals surface area contributed by atoms with Gasteiger partial charge in [-0.1, -0.05) is 30.3 Å². The molecule has 0 aliphatic heterocycles. The van der Waals surface area contributed by atoms with Gasteiger partial charge in [-0.2, -0.15) is 15.4 Å². The molecule has 0 amide bonds. The van der Waals surface area contributed by atoms with Crippen LogP contribution in [0.1, 0.15) is 0 Å². The lowest BCUT2D eigenvalue weighted by Crippen LogP contribution is -1.76. The van der Waals surface area contributed by atoms with Gasteiger partial charge in [-0.05, 0) is 10.6 Å². The van der Waals surface area contributed by atoms with Gasteiger partial charge in [0.25, 0.3) is 0 Å². The van der Waals surface area contributed by atoms with Crippen molar-refractivity contribution in [3.05, 3.63) is 40.8 Å². The number of aromatic nitrogens is 3. The molecule has 1 aromatic carbocycles. The standard InChI is InChI=1S/C8H6N6/c9-13-11-8-7(10-14-12-8)6-4-2-1-3-5-6/h1-5H,(H,10,12,14). The zero-order chi connectivity index (χ0) is 9.80. The molecule has 2 aromatic rings. The maximum Gasteiger partial charge on any atom is 0.176 e.